The molecule has 0 saturated heterocycles. The maximum atomic E-state index is 12.4. The molecule has 0 radical (unpaired) electrons. The third-order valence-corrected chi connectivity index (χ3v) is 4.04. The number of carbonyl (C=O) groups is 1. The lowest BCUT2D eigenvalue weighted by atomic mass is 10.1. The van der Waals surface area contributed by atoms with Gasteiger partial charge in [-0.1, -0.05) is 36.3 Å². The van der Waals surface area contributed by atoms with Gasteiger partial charge in [-0.2, -0.15) is 0 Å². The van der Waals surface area contributed by atoms with Crippen LogP contribution in [-0.2, 0) is 6.42 Å². The first-order valence-corrected chi connectivity index (χ1v) is 8.21. The van der Waals surface area contributed by atoms with Gasteiger partial charge in [0.15, 0.2) is 5.75 Å². The molecule has 8 heteroatoms. The fourth-order valence-electron chi connectivity index (χ4n) is 2.54. The highest BCUT2D eigenvalue weighted by atomic mass is 16.6. The third kappa shape index (κ3) is 3.95. The van der Waals surface area contributed by atoms with E-state index in [1.807, 2.05) is 24.3 Å². The van der Waals surface area contributed by atoms with Crippen molar-refractivity contribution < 1.29 is 19.0 Å². The molecule has 1 heterocycles. The summed E-state index contributed by atoms with van der Waals surface area (Å²) in [6.07, 6.45) is 0.939. The Balaban J connectivity index is 1.77. The number of nitrogens with one attached hydrogen (secondary N) is 1. The van der Waals surface area contributed by atoms with Gasteiger partial charge in [-0.15, -0.1) is 0 Å². The highest BCUT2D eigenvalue weighted by Crippen LogP contribution is 2.28. The monoisotopic (exact) mass is 367 g/mol. The van der Waals surface area contributed by atoms with Crippen molar-refractivity contribution in [3.63, 3.8) is 0 Å². The number of nitro benzene ring substituents is 1. The fourth-order valence-corrected chi connectivity index (χ4v) is 2.54. The lowest BCUT2D eigenvalue weighted by molar-refractivity contribution is -0.385. The van der Waals surface area contributed by atoms with Crippen LogP contribution in [0.4, 0.5) is 11.6 Å². The summed E-state index contributed by atoms with van der Waals surface area (Å²) in [5.41, 5.74) is 2.45. The number of anilines is 1. The van der Waals surface area contributed by atoms with Gasteiger partial charge in [0.1, 0.15) is 5.69 Å². The van der Waals surface area contributed by atoms with Crippen LogP contribution in [0.5, 0.6) is 5.75 Å². The molecule has 138 valence electrons. The molecule has 8 nitrogen and oxygen atoms in total. The highest BCUT2D eigenvalue weighted by Gasteiger charge is 2.19. The maximum absolute atomic E-state index is 12.4. The molecule has 0 aliphatic rings. The van der Waals surface area contributed by atoms with E-state index < -0.39 is 10.8 Å². The number of benzene rings is 2. The number of methoxy groups -OCH3 is 1. The average Bonchev–Trinajstić information content (AvgIpc) is 3.15. The molecule has 0 saturated carbocycles. The van der Waals surface area contributed by atoms with Crippen molar-refractivity contribution in [2.45, 2.75) is 13.3 Å². The van der Waals surface area contributed by atoms with Gasteiger partial charge >= 0.3 is 5.69 Å². The Hall–Kier alpha value is -3.68. The summed E-state index contributed by atoms with van der Waals surface area (Å²) >= 11 is 0. The summed E-state index contributed by atoms with van der Waals surface area (Å²) in [4.78, 5) is 22.8. The lowest BCUT2D eigenvalue weighted by Gasteiger charge is -2.04. The van der Waals surface area contributed by atoms with Crippen LogP contribution in [0.1, 0.15) is 22.8 Å². The maximum Gasteiger partial charge on any atom is 0.311 e. The zero-order valence-electron chi connectivity index (χ0n) is 14.8. The predicted molar refractivity (Wildman–Crippen MR) is 98.9 cm³/mol. The van der Waals surface area contributed by atoms with Crippen LogP contribution in [0, 0.1) is 10.1 Å². The van der Waals surface area contributed by atoms with Gasteiger partial charge < -0.3 is 9.26 Å². The zero-order valence-corrected chi connectivity index (χ0v) is 14.8. The molecule has 0 fully saturated rings. The van der Waals surface area contributed by atoms with Crippen LogP contribution in [0.15, 0.2) is 53.1 Å². The standard InChI is InChI=1S/C19H17N3O5/c1-3-12-4-6-13(7-5-12)15-11-18(27-21-15)20-19(23)14-8-9-17(26-2)16(10-14)22(24)25/h4-11H,3H2,1-2H3,(H,20,23). The van der Waals surface area contributed by atoms with Gasteiger partial charge in [0.05, 0.1) is 12.0 Å². The van der Waals surface area contributed by atoms with E-state index in [-0.39, 0.29) is 22.9 Å². The van der Waals surface area contributed by atoms with E-state index in [1.54, 1.807) is 6.07 Å². The Morgan fingerprint density at radius 3 is 2.59 bits per heavy atom. The largest absolute Gasteiger partial charge is 0.490 e. The van der Waals surface area contributed by atoms with Crippen LogP contribution in [0.25, 0.3) is 11.3 Å². The number of aromatic nitrogens is 1. The Labute approximate surface area is 154 Å². The topological polar surface area (TPSA) is 108 Å². The van der Waals surface area contributed by atoms with Crippen molar-refractivity contribution in [2.24, 2.45) is 0 Å². The molecule has 3 rings (SSSR count). The van der Waals surface area contributed by atoms with Gasteiger partial charge in [0.2, 0.25) is 5.88 Å². The number of hydrogen-bond donors (Lipinski definition) is 1. The first-order valence-electron chi connectivity index (χ1n) is 8.21. The van der Waals surface area contributed by atoms with E-state index >= 15 is 0 Å². The van der Waals surface area contributed by atoms with Gasteiger partial charge in [0, 0.05) is 23.3 Å². The fraction of sp³-hybridized carbons (Fsp3) is 0.158. The van der Waals surface area contributed by atoms with Crippen molar-refractivity contribution >= 4 is 17.5 Å². The predicted octanol–water partition coefficient (Wildman–Crippen LogP) is 4.07. The SMILES string of the molecule is CCc1ccc(-c2cc(NC(=O)c3ccc(OC)c([N+](=O)[O-])c3)on2)cc1. The molecule has 1 aromatic heterocycles. The van der Waals surface area contributed by atoms with Crippen molar-refractivity contribution in [3.8, 4) is 17.0 Å². The highest BCUT2D eigenvalue weighted by molar-refractivity contribution is 6.04. The number of aryl methyl sites for hydroxylation is 1. The molecule has 0 aliphatic carbocycles. The number of nitrogens with zero attached hydrogens (tertiary/aromatic N) is 2. The molecule has 2 aromatic carbocycles. The van der Waals surface area contributed by atoms with Crippen LogP contribution in [-0.4, -0.2) is 23.1 Å². The quantitative estimate of drug-likeness (QED) is 0.520. The number of amides is 1. The number of nitro groups is 1. The summed E-state index contributed by atoms with van der Waals surface area (Å²) in [6.45, 7) is 2.07. The first-order chi connectivity index (χ1) is 13.0. The zero-order chi connectivity index (χ0) is 19.4. The second kappa shape index (κ2) is 7.69. The van der Waals surface area contributed by atoms with Crippen LogP contribution in [0.2, 0.25) is 0 Å². The minimum atomic E-state index is -0.609. The van der Waals surface area contributed by atoms with Crippen molar-refractivity contribution in [1.82, 2.24) is 5.16 Å². The molecule has 0 atom stereocenters. The molecule has 1 N–H and O–H groups in total. The Morgan fingerprint density at radius 1 is 1.22 bits per heavy atom. The van der Waals surface area contributed by atoms with Gasteiger partial charge in [0.25, 0.3) is 5.91 Å². The Bertz CT molecular complexity index is 979. The smallest absolute Gasteiger partial charge is 0.311 e. The second-order valence-electron chi connectivity index (χ2n) is 5.72. The van der Waals surface area contributed by atoms with E-state index in [0.717, 1.165) is 18.1 Å². The van der Waals surface area contributed by atoms with Crippen molar-refractivity contribution in [1.29, 1.82) is 0 Å². The average molecular weight is 367 g/mol. The number of carbonyl (C=O) groups excluding carboxylic acids is 1. The van der Waals surface area contributed by atoms with E-state index in [1.165, 1.54) is 24.8 Å². The molecule has 27 heavy (non-hydrogen) atoms. The van der Waals surface area contributed by atoms with Crippen LogP contribution in [0.3, 0.4) is 0 Å². The molecule has 3 aromatic rings. The summed E-state index contributed by atoms with van der Waals surface area (Å²) in [5.74, 6) is -0.327. The van der Waals surface area contributed by atoms with Gasteiger partial charge in [-0.25, -0.2) is 0 Å². The molecule has 0 spiro atoms. The molecular formula is C19H17N3O5. The molecule has 1 amide bonds. The summed E-state index contributed by atoms with van der Waals surface area (Å²) in [5, 5.41) is 17.6. The van der Waals surface area contributed by atoms with Crippen LogP contribution >= 0.6 is 0 Å². The number of ether oxygens (including phenoxy) is 1. The molecule has 0 bridgehead atoms. The molecule has 0 aliphatic heterocycles. The third-order valence-electron chi connectivity index (χ3n) is 4.04. The van der Waals surface area contributed by atoms with E-state index in [4.69, 9.17) is 9.26 Å². The summed E-state index contributed by atoms with van der Waals surface area (Å²) in [6, 6.07) is 13.4. The minimum absolute atomic E-state index is 0.0778. The first kappa shape index (κ1) is 18.1. The van der Waals surface area contributed by atoms with Crippen molar-refractivity contribution in [2.75, 3.05) is 12.4 Å². The van der Waals surface area contributed by atoms with Gasteiger partial charge in [-0.3, -0.25) is 20.2 Å². The van der Waals surface area contributed by atoms with E-state index in [0.29, 0.717) is 5.69 Å². The number of rotatable bonds is 6. The van der Waals surface area contributed by atoms with Crippen LogP contribution < -0.4 is 10.1 Å². The minimum Gasteiger partial charge on any atom is -0.490 e. The molecular weight excluding hydrogens is 350 g/mol. The van der Waals surface area contributed by atoms with E-state index in [9.17, 15) is 14.9 Å². The van der Waals surface area contributed by atoms with Crippen molar-refractivity contribution in [3.05, 3.63) is 69.8 Å². The summed E-state index contributed by atoms with van der Waals surface area (Å²) < 4.78 is 10.1. The normalized spacial score (nSPS) is 10.4. The number of hydrogen-bond acceptors (Lipinski definition) is 6. The lowest BCUT2D eigenvalue weighted by Crippen LogP contribution is -2.11. The Morgan fingerprint density at radius 2 is 1.96 bits per heavy atom. The molecule has 0 unspecified atom stereocenters. The van der Waals surface area contributed by atoms with E-state index in [2.05, 4.69) is 17.4 Å². The Kier molecular flexibility index (Phi) is 5.16. The second-order valence-corrected chi connectivity index (χ2v) is 5.72. The summed E-state index contributed by atoms with van der Waals surface area (Å²) in [7, 11) is 1.32. The van der Waals surface area contributed by atoms with Gasteiger partial charge in [-0.05, 0) is 24.1 Å².